The lowest BCUT2D eigenvalue weighted by Gasteiger charge is -2.10. The molecule has 7 heteroatoms. The van der Waals surface area contributed by atoms with Gasteiger partial charge < -0.3 is 11.1 Å². The van der Waals surface area contributed by atoms with Crippen LogP contribution in [-0.4, -0.2) is 41.4 Å². The van der Waals surface area contributed by atoms with E-state index in [0.717, 1.165) is 11.1 Å². The molecular formula is C17H16ClN5O. The summed E-state index contributed by atoms with van der Waals surface area (Å²) in [6.45, 7) is 0.621. The van der Waals surface area contributed by atoms with E-state index < -0.39 is 0 Å². The first-order valence-corrected chi connectivity index (χ1v) is 7.70. The molecule has 0 spiro atoms. The minimum absolute atomic E-state index is 0.147. The second kappa shape index (κ2) is 6.48. The minimum Gasteiger partial charge on any atom is -0.368 e. The number of nitrogens with two attached hydrogens (primary N) is 1. The molecule has 2 aromatic rings. The molecule has 1 aromatic carbocycles. The van der Waals surface area contributed by atoms with Crippen molar-refractivity contribution in [1.29, 1.82) is 0 Å². The fraction of sp³-hybridized carbons (Fsp3) is 0.235. The Hall–Kier alpha value is -2.62. The van der Waals surface area contributed by atoms with E-state index in [1.807, 2.05) is 25.1 Å². The molecule has 1 aliphatic heterocycles. The van der Waals surface area contributed by atoms with Crippen molar-refractivity contribution in [2.45, 2.75) is 6.42 Å². The monoisotopic (exact) mass is 341 g/mol. The van der Waals surface area contributed by atoms with Gasteiger partial charge >= 0.3 is 0 Å². The van der Waals surface area contributed by atoms with E-state index in [9.17, 15) is 4.79 Å². The number of anilines is 2. The zero-order valence-electron chi connectivity index (χ0n) is 13.4. The number of nitrogens with one attached hydrogen (secondary N) is 1. The van der Waals surface area contributed by atoms with Gasteiger partial charge in [-0.05, 0) is 26.2 Å². The molecule has 122 valence electrons. The summed E-state index contributed by atoms with van der Waals surface area (Å²) < 4.78 is 0. The average molecular weight is 342 g/mol. The van der Waals surface area contributed by atoms with Crippen molar-refractivity contribution < 1.29 is 4.79 Å². The Bertz CT molecular complexity index is 883. The lowest BCUT2D eigenvalue weighted by atomic mass is 10.0. The molecule has 1 amide bonds. The molecule has 0 saturated heterocycles. The van der Waals surface area contributed by atoms with Crippen LogP contribution in [0.5, 0.6) is 0 Å². The number of amides is 1. The molecule has 1 aromatic heterocycles. The summed E-state index contributed by atoms with van der Waals surface area (Å²) in [7, 11) is 3.89. The third kappa shape index (κ3) is 3.32. The van der Waals surface area contributed by atoms with Gasteiger partial charge in [0.15, 0.2) is 0 Å². The molecule has 2 heterocycles. The summed E-state index contributed by atoms with van der Waals surface area (Å²) in [6.07, 6.45) is 1.77. The number of nitrogen functional groups attached to an aromatic ring is 1. The Kier molecular flexibility index (Phi) is 4.38. The van der Waals surface area contributed by atoms with Crippen molar-refractivity contribution in [2.75, 3.05) is 31.7 Å². The highest BCUT2D eigenvalue weighted by atomic mass is 35.5. The second-order valence-corrected chi connectivity index (χ2v) is 6.15. The number of halogens is 1. The van der Waals surface area contributed by atoms with Crippen molar-refractivity contribution >= 4 is 29.1 Å². The van der Waals surface area contributed by atoms with Crippen LogP contribution in [0.1, 0.15) is 11.1 Å². The summed E-state index contributed by atoms with van der Waals surface area (Å²) in [4.78, 5) is 22.3. The number of fused-ring (bicyclic) bond motifs is 3. The molecular weight excluding hydrogens is 326 g/mol. The highest BCUT2D eigenvalue weighted by Gasteiger charge is 2.22. The average Bonchev–Trinajstić information content (AvgIpc) is 2.63. The Morgan fingerprint density at radius 2 is 2.21 bits per heavy atom. The largest absolute Gasteiger partial charge is 0.368 e. The molecule has 0 atom stereocenters. The molecule has 0 fully saturated rings. The van der Waals surface area contributed by atoms with Crippen LogP contribution in [0.3, 0.4) is 0 Å². The number of benzene rings is 1. The molecule has 6 nitrogen and oxygen atoms in total. The van der Waals surface area contributed by atoms with Crippen LogP contribution in [0, 0.1) is 11.8 Å². The Balaban J connectivity index is 2.15. The number of rotatable bonds is 1. The summed E-state index contributed by atoms with van der Waals surface area (Å²) in [6, 6.07) is 3.53. The van der Waals surface area contributed by atoms with E-state index >= 15 is 0 Å². The van der Waals surface area contributed by atoms with Gasteiger partial charge in [0.05, 0.1) is 29.4 Å². The first-order chi connectivity index (χ1) is 11.4. The van der Waals surface area contributed by atoms with E-state index in [1.54, 1.807) is 12.3 Å². The molecule has 3 rings (SSSR count). The van der Waals surface area contributed by atoms with Crippen molar-refractivity contribution in [3.63, 3.8) is 0 Å². The molecule has 1 aliphatic rings. The molecule has 24 heavy (non-hydrogen) atoms. The highest BCUT2D eigenvalue weighted by Crippen LogP contribution is 2.36. The number of carbonyl (C=O) groups excluding carboxylic acids is 1. The van der Waals surface area contributed by atoms with Crippen molar-refractivity contribution in [2.24, 2.45) is 0 Å². The first kappa shape index (κ1) is 16.2. The Morgan fingerprint density at radius 1 is 1.42 bits per heavy atom. The van der Waals surface area contributed by atoms with Gasteiger partial charge in [-0.1, -0.05) is 23.4 Å². The summed E-state index contributed by atoms with van der Waals surface area (Å²) >= 11 is 6.31. The van der Waals surface area contributed by atoms with Crippen LogP contribution in [-0.2, 0) is 11.2 Å². The fourth-order valence-electron chi connectivity index (χ4n) is 2.41. The van der Waals surface area contributed by atoms with Gasteiger partial charge in [-0.3, -0.25) is 9.69 Å². The third-order valence-corrected chi connectivity index (χ3v) is 3.80. The molecule has 0 unspecified atom stereocenters. The predicted molar refractivity (Wildman–Crippen MR) is 94.7 cm³/mol. The summed E-state index contributed by atoms with van der Waals surface area (Å²) in [5.74, 6) is 6.13. The van der Waals surface area contributed by atoms with Crippen molar-refractivity contribution in [3.05, 3.63) is 34.5 Å². The van der Waals surface area contributed by atoms with Crippen LogP contribution < -0.4 is 11.1 Å². The van der Waals surface area contributed by atoms with Crippen LogP contribution in [0.2, 0.25) is 5.02 Å². The van der Waals surface area contributed by atoms with E-state index in [-0.39, 0.29) is 18.3 Å². The normalized spacial score (nSPS) is 12.6. The summed E-state index contributed by atoms with van der Waals surface area (Å²) in [5, 5.41) is 3.32. The standard InChI is InChI=1S/C17H16ClN5O/c1-23(2)5-3-4-10-6-12-14(8-13(10)18)21-15(24)7-11-9-20-17(19)22-16(11)12/h6,8-9H,5,7H2,1-2H3,(H,21,24)(H2,19,20,22). The number of hydrogen-bond acceptors (Lipinski definition) is 5. The number of aromatic nitrogens is 2. The number of nitrogens with zero attached hydrogens (tertiary/aromatic N) is 3. The number of hydrogen-bond donors (Lipinski definition) is 2. The maximum Gasteiger partial charge on any atom is 0.228 e. The fourth-order valence-corrected chi connectivity index (χ4v) is 2.62. The van der Waals surface area contributed by atoms with E-state index in [4.69, 9.17) is 17.3 Å². The van der Waals surface area contributed by atoms with Crippen LogP contribution in [0.4, 0.5) is 11.6 Å². The molecule has 0 saturated carbocycles. The van der Waals surface area contributed by atoms with E-state index in [2.05, 4.69) is 27.1 Å². The second-order valence-electron chi connectivity index (χ2n) is 5.74. The zero-order chi connectivity index (χ0) is 17.3. The van der Waals surface area contributed by atoms with Gasteiger partial charge in [0.25, 0.3) is 0 Å². The number of carbonyl (C=O) groups is 1. The maximum absolute atomic E-state index is 12.1. The van der Waals surface area contributed by atoms with Crippen LogP contribution >= 0.6 is 11.6 Å². The summed E-state index contributed by atoms with van der Waals surface area (Å²) in [5.41, 5.74) is 9.08. The van der Waals surface area contributed by atoms with E-state index in [0.29, 0.717) is 28.5 Å². The maximum atomic E-state index is 12.1. The molecule has 0 aliphatic carbocycles. The van der Waals surface area contributed by atoms with Gasteiger partial charge in [-0.25, -0.2) is 9.97 Å². The highest BCUT2D eigenvalue weighted by molar-refractivity contribution is 6.32. The SMILES string of the molecule is CN(C)CC#Cc1cc2c(cc1Cl)NC(=O)Cc1cnc(N)nc1-2. The van der Waals surface area contributed by atoms with Crippen molar-refractivity contribution in [3.8, 4) is 23.1 Å². The third-order valence-electron chi connectivity index (χ3n) is 3.49. The Morgan fingerprint density at radius 3 is 2.96 bits per heavy atom. The van der Waals surface area contributed by atoms with Gasteiger partial charge in [0.1, 0.15) is 0 Å². The first-order valence-electron chi connectivity index (χ1n) is 7.33. The molecule has 0 bridgehead atoms. The zero-order valence-corrected chi connectivity index (χ0v) is 14.1. The van der Waals surface area contributed by atoms with Crippen LogP contribution in [0.15, 0.2) is 18.3 Å². The van der Waals surface area contributed by atoms with Crippen LogP contribution in [0.25, 0.3) is 11.3 Å². The topological polar surface area (TPSA) is 84.1 Å². The Labute approximate surface area is 145 Å². The lowest BCUT2D eigenvalue weighted by molar-refractivity contribution is -0.115. The predicted octanol–water partition coefficient (Wildman–Crippen LogP) is 1.79. The van der Waals surface area contributed by atoms with Gasteiger partial charge in [-0.2, -0.15) is 0 Å². The quantitative estimate of drug-likeness (QED) is 0.772. The van der Waals surface area contributed by atoms with Crippen molar-refractivity contribution in [1.82, 2.24) is 14.9 Å². The lowest BCUT2D eigenvalue weighted by Crippen LogP contribution is -2.13. The molecule has 3 N–H and O–H groups in total. The molecule has 0 radical (unpaired) electrons. The van der Waals surface area contributed by atoms with Gasteiger partial charge in [0.2, 0.25) is 11.9 Å². The van der Waals surface area contributed by atoms with Gasteiger partial charge in [-0.15, -0.1) is 0 Å². The minimum atomic E-state index is -0.147. The van der Waals surface area contributed by atoms with E-state index in [1.165, 1.54) is 0 Å². The van der Waals surface area contributed by atoms with Gasteiger partial charge in [0, 0.05) is 22.9 Å². The smallest absolute Gasteiger partial charge is 0.228 e.